The Morgan fingerprint density at radius 1 is 0.634 bits per heavy atom. The summed E-state index contributed by atoms with van der Waals surface area (Å²) >= 11 is 0. The van der Waals surface area contributed by atoms with Crippen LogP contribution in [0.3, 0.4) is 0 Å². The molecule has 3 heterocycles. The maximum atomic E-state index is 6.02. The van der Waals surface area contributed by atoms with Gasteiger partial charge >= 0.3 is 0 Å². The van der Waals surface area contributed by atoms with E-state index >= 15 is 0 Å². The van der Waals surface area contributed by atoms with E-state index in [0.717, 1.165) is 31.0 Å². The SMILES string of the molecule is c1ccc([C@H]2COC(c3cccc(CN4Cc5ccc6ccccc6c5-c5c(ccc6ccccc56)C4)n3)=N2)cc1. The third-order valence-electron chi connectivity index (χ3n) is 8.32. The first-order chi connectivity index (χ1) is 20.3. The molecule has 0 amide bonds. The van der Waals surface area contributed by atoms with E-state index in [1.54, 1.807) is 0 Å². The first-order valence-electron chi connectivity index (χ1n) is 14.3. The quantitative estimate of drug-likeness (QED) is 0.231. The molecule has 198 valence electrons. The minimum Gasteiger partial charge on any atom is -0.474 e. The van der Waals surface area contributed by atoms with Crippen LogP contribution in [0.1, 0.15) is 34.1 Å². The molecule has 2 aliphatic rings. The summed E-state index contributed by atoms with van der Waals surface area (Å²) in [5.41, 5.74) is 8.41. The molecule has 8 rings (SSSR count). The van der Waals surface area contributed by atoms with Gasteiger partial charge in [-0.15, -0.1) is 0 Å². The Labute approximate surface area is 239 Å². The number of aliphatic imine (C=N–C) groups is 1. The average molecular weight is 532 g/mol. The maximum absolute atomic E-state index is 6.02. The van der Waals surface area contributed by atoms with E-state index in [4.69, 9.17) is 14.7 Å². The molecule has 5 aromatic carbocycles. The highest BCUT2D eigenvalue weighted by molar-refractivity contribution is 6.08. The molecular weight excluding hydrogens is 502 g/mol. The van der Waals surface area contributed by atoms with Gasteiger partial charge in [-0.3, -0.25) is 4.90 Å². The Kier molecular flexibility index (Phi) is 5.86. The fourth-order valence-corrected chi connectivity index (χ4v) is 6.41. The molecule has 4 heteroatoms. The van der Waals surface area contributed by atoms with Gasteiger partial charge in [-0.05, 0) is 61.5 Å². The van der Waals surface area contributed by atoms with E-state index in [0.29, 0.717) is 12.5 Å². The summed E-state index contributed by atoms with van der Waals surface area (Å²) in [4.78, 5) is 12.4. The molecule has 0 spiro atoms. The van der Waals surface area contributed by atoms with Crippen molar-refractivity contribution in [2.24, 2.45) is 4.99 Å². The Morgan fingerprint density at radius 3 is 1.95 bits per heavy atom. The maximum Gasteiger partial charge on any atom is 0.236 e. The summed E-state index contributed by atoms with van der Waals surface area (Å²) in [7, 11) is 0. The van der Waals surface area contributed by atoms with Crippen molar-refractivity contribution < 1.29 is 4.74 Å². The minimum absolute atomic E-state index is 0.0138. The van der Waals surface area contributed by atoms with Gasteiger partial charge in [0, 0.05) is 19.6 Å². The summed E-state index contributed by atoms with van der Waals surface area (Å²) in [6.45, 7) is 2.99. The third-order valence-corrected chi connectivity index (χ3v) is 8.32. The van der Waals surface area contributed by atoms with Gasteiger partial charge in [0.2, 0.25) is 5.90 Å². The predicted molar refractivity (Wildman–Crippen MR) is 166 cm³/mol. The summed E-state index contributed by atoms with van der Waals surface area (Å²) in [6, 6.07) is 43.2. The zero-order valence-corrected chi connectivity index (χ0v) is 22.7. The monoisotopic (exact) mass is 531 g/mol. The summed E-state index contributed by atoms with van der Waals surface area (Å²) in [5.74, 6) is 0.630. The molecule has 0 N–H and O–H groups in total. The van der Waals surface area contributed by atoms with Crippen molar-refractivity contribution in [3.63, 3.8) is 0 Å². The van der Waals surface area contributed by atoms with Crippen LogP contribution in [0.4, 0.5) is 0 Å². The van der Waals surface area contributed by atoms with Crippen LogP contribution in [0, 0.1) is 0 Å². The van der Waals surface area contributed by atoms with Crippen LogP contribution in [-0.2, 0) is 24.4 Å². The minimum atomic E-state index is 0.0138. The first kappa shape index (κ1) is 24.0. The number of fused-ring (bicyclic) bond motifs is 7. The molecule has 6 aromatic rings. The molecule has 0 saturated carbocycles. The Balaban J connectivity index is 1.17. The van der Waals surface area contributed by atoms with Crippen molar-refractivity contribution in [2.75, 3.05) is 6.61 Å². The number of ether oxygens (including phenoxy) is 1. The summed E-state index contributed by atoms with van der Waals surface area (Å²) in [6.07, 6.45) is 0. The molecule has 0 aliphatic carbocycles. The van der Waals surface area contributed by atoms with Crippen molar-refractivity contribution in [3.05, 3.63) is 149 Å². The van der Waals surface area contributed by atoms with Gasteiger partial charge in [0.15, 0.2) is 0 Å². The molecule has 1 atom stereocenters. The fourth-order valence-electron chi connectivity index (χ4n) is 6.41. The molecule has 0 fully saturated rings. The van der Waals surface area contributed by atoms with Gasteiger partial charge in [0.05, 0.1) is 5.69 Å². The molecule has 41 heavy (non-hydrogen) atoms. The number of pyridine rings is 1. The molecular formula is C37H29N3O. The number of hydrogen-bond acceptors (Lipinski definition) is 4. The van der Waals surface area contributed by atoms with Crippen molar-refractivity contribution in [3.8, 4) is 11.1 Å². The predicted octanol–water partition coefficient (Wildman–Crippen LogP) is 8.09. The van der Waals surface area contributed by atoms with Gasteiger partial charge in [0.1, 0.15) is 18.3 Å². The van der Waals surface area contributed by atoms with E-state index < -0.39 is 0 Å². The van der Waals surface area contributed by atoms with E-state index in [1.165, 1.54) is 49.4 Å². The van der Waals surface area contributed by atoms with Crippen molar-refractivity contribution in [1.29, 1.82) is 0 Å². The fraction of sp³-hybridized carbons (Fsp3) is 0.135. The first-order valence-corrected chi connectivity index (χ1v) is 14.3. The van der Waals surface area contributed by atoms with Gasteiger partial charge in [-0.25, -0.2) is 9.98 Å². The Morgan fingerprint density at radius 2 is 1.27 bits per heavy atom. The Bertz CT molecular complexity index is 1860. The highest BCUT2D eigenvalue weighted by Crippen LogP contribution is 2.42. The average Bonchev–Trinajstić information content (AvgIpc) is 3.46. The Hall–Kier alpha value is -4.80. The second-order valence-electron chi connectivity index (χ2n) is 11.0. The lowest BCUT2D eigenvalue weighted by Crippen LogP contribution is -2.22. The van der Waals surface area contributed by atoms with Crippen LogP contribution >= 0.6 is 0 Å². The van der Waals surface area contributed by atoms with Gasteiger partial charge < -0.3 is 4.74 Å². The molecule has 0 bridgehead atoms. The lowest BCUT2D eigenvalue weighted by molar-refractivity contribution is 0.247. The van der Waals surface area contributed by atoms with E-state index in [-0.39, 0.29) is 6.04 Å². The van der Waals surface area contributed by atoms with E-state index in [2.05, 4.69) is 102 Å². The lowest BCUT2D eigenvalue weighted by Gasteiger charge is -2.21. The van der Waals surface area contributed by atoms with E-state index in [1.807, 2.05) is 24.3 Å². The molecule has 4 nitrogen and oxygen atoms in total. The van der Waals surface area contributed by atoms with Crippen LogP contribution in [-0.4, -0.2) is 22.4 Å². The lowest BCUT2D eigenvalue weighted by atomic mass is 9.88. The standard InChI is InChI=1S/C37H29N3O/c1-2-11-27(12-3-1)34-24-41-37(39-34)33-16-8-13-30(38-33)23-40-21-28-19-17-25-9-4-6-14-31(25)35(28)36-29(22-40)20-18-26-10-5-7-15-32(26)36/h1-20,34H,21-24H2/t34-/m1/s1. The second-order valence-corrected chi connectivity index (χ2v) is 11.0. The summed E-state index contributed by atoms with van der Waals surface area (Å²) in [5, 5.41) is 5.18. The normalized spacial score (nSPS) is 16.6. The molecule has 2 aliphatic heterocycles. The van der Waals surface area contributed by atoms with Crippen molar-refractivity contribution in [1.82, 2.24) is 9.88 Å². The number of rotatable bonds is 4. The second kappa shape index (κ2) is 9.99. The van der Waals surface area contributed by atoms with Crippen LogP contribution in [0.15, 0.2) is 126 Å². The summed E-state index contributed by atoms with van der Waals surface area (Å²) < 4.78 is 6.02. The van der Waals surface area contributed by atoms with E-state index in [9.17, 15) is 0 Å². The van der Waals surface area contributed by atoms with Crippen LogP contribution in [0.5, 0.6) is 0 Å². The molecule has 0 saturated heterocycles. The smallest absolute Gasteiger partial charge is 0.236 e. The zero-order chi connectivity index (χ0) is 27.2. The van der Waals surface area contributed by atoms with Crippen molar-refractivity contribution in [2.45, 2.75) is 25.7 Å². The molecule has 0 radical (unpaired) electrons. The largest absolute Gasteiger partial charge is 0.474 e. The van der Waals surface area contributed by atoms with Gasteiger partial charge in [0.25, 0.3) is 0 Å². The number of benzene rings is 5. The number of aromatic nitrogens is 1. The number of hydrogen-bond donors (Lipinski definition) is 0. The van der Waals surface area contributed by atoms with Gasteiger partial charge in [-0.2, -0.15) is 0 Å². The van der Waals surface area contributed by atoms with Gasteiger partial charge in [-0.1, -0.05) is 109 Å². The third kappa shape index (κ3) is 4.37. The van der Waals surface area contributed by atoms with Crippen LogP contribution < -0.4 is 0 Å². The number of nitrogens with zero attached hydrogens (tertiary/aromatic N) is 3. The highest BCUT2D eigenvalue weighted by atomic mass is 16.5. The molecule has 1 aromatic heterocycles. The van der Waals surface area contributed by atoms with Crippen LogP contribution in [0.2, 0.25) is 0 Å². The van der Waals surface area contributed by atoms with Crippen LogP contribution in [0.25, 0.3) is 32.7 Å². The van der Waals surface area contributed by atoms with Crippen molar-refractivity contribution >= 4 is 27.4 Å². The highest BCUT2D eigenvalue weighted by Gasteiger charge is 2.25. The molecule has 0 unspecified atom stereocenters. The topological polar surface area (TPSA) is 37.7 Å². The zero-order valence-electron chi connectivity index (χ0n) is 22.7.